The molecule has 4 heterocycles. The molecule has 0 amide bonds. The molecular weight excluding hydrogens is 753 g/mol. The molecule has 5 aromatic rings. The highest BCUT2D eigenvalue weighted by Crippen LogP contribution is 2.21. The van der Waals surface area contributed by atoms with Crippen LogP contribution in [0.4, 0.5) is 11.6 Å². The summed E-state index contributed by atoms with van der Waals surface area (Å²) in [5.41, 5.74) is 13.2. The van der Waals surface area contributed by atoms with E-state index in [1.54, 1.807) is 33.4 Å². The number of nitrogens with two attached hydrogens (primary N) is 2. The van der Waals surface area contributed by atoms with E-state index >= 15 is 0 Å². The summed E-state index contributed by atoms with van der Waals surface area (Å²) in [4.78, 5) is 70.0. The van der Waals surface area contributed by atoms with E-state index < -0.39 is 11.4 Å². The van der Waals surface area contributed by atoms with Crippen molar-refractivity contribution in [3.05, 3.63) is 161 Å². The first-order chi connectivity index (χ1) is 28.4. The van der Waals surface area contributed by atoms with Gasteiger partial charge in [-0.2, -0.15) is 20.1 Å². The van der Waals surface area contributed by atoms with Crippen LogP contribution in [0.2, 0.25) is 0 Å². The van der Waals surface area contributed by atoms with Crippen molar-refractivity contribution < 1.29 is 9.59 Å². The Bertz CT molecular complexity index is 2360. The Morgan fingerprint density at radius 3 is 1.25 bits per heavy atom. The standard InChI is InChI=1S/2C18H21N5O2.C6H6.CO2/c2*1-21-17(24)9-16(22-8-4-7-15(20)12-22)23(18(21)25)11-14-6-3-2-5-13(14)10-19;1-2-4-6-5-3-1;2-1-3/h2*2-3,5-6,9,15H,4,7-8,11-12,20H2,1H3;1-6H;/t2*15-;;/m11../s1. The topological polar surface area (TPSA) is 228 Å². The van der Waals surface area contributed by atoms with Crippen LogP contribution in [0.5, 0.6) is 0 Å². The Kier molecular flexibility index (Phi) is 16.6. The summed E-state index contributed by atoms with van der Waals surface area (Å²) in [5.74, 6) is 1.13. The van der Waals surface area contributed by atoms with Crippen molar-refractivity contribution in [3.63, 3.8) is 0 Å². The Hall–Kier alpha value is -7.10. The van der Waals surface area contributed by atoms with Crippen LogP contribution in [0.25, 0.3) is 0 Å². The highest BCUT2D eigenvalue weighted by atomic mass is 16.2. The molecule has 59 heavy (non-hydrogen) atoms. The molecule has 0 unspecified atom stereocenters. The van der Waals surface area contributed by atoms with Crippen molar-refractivity contribution in [3.8, 4) is 12.1 Å². The van der Waals surface area contributed by atoms with Gasteiger partial charge in [0.25, 0.3) is 11.1 Å². The van der Waals surface area contributed by atoms with Gasteiger partial charge in [-0.05, 0) is 48.9 Å². The van der Waals surface area contributed by atoms with Gasteiger partial charge in [0.1, 0.15) is 11.6 Å². The third-order valence-corrected chi connectivity index (χ3v) is 9.92. The fraction of sp³-hybridized carbons (Fsp3) is 0.326. The van der Waals surface area contributed by atoms with Crippen molar-refractivity contribution in [1.82, 2.24) is 18.3 Å². The van der Waals surface area contributed by atoms with Gasteiger partial charge in [-0.1, -0.05) is 72.8 Å². The normalized spacial score (nSPS) is 15.6. The quantitative estimate of drug-likeness (QED) is 0.251. The van der Waals surface area contributed by atoms with Crippen LogP contribution in [-0.4, -0.2) is 62.7 Å². The molecule has 2 fully saturated rings. The van der Waals surface area contributed by atoms with E-state index in [9.17, 15) is 29.7 Å². The number of carbonyl (C=O) groups excluding carboxylic acids is 2. The molecule has 2 aliphatic heterocycles. The number of rotatable bonds is 6. The molecule has 16 heteroatoms. The second-order valence-electron chi connectivity index (χ2n) is 14.0. The minimum Gasteiger partial charge on any atom is -0.356 e. The van der Waals surface area contributed by atoms with Gasteiger partial charge >= 0.3 is 17.5 Å². The van der Waals surface area contributed by atoms with Crippen molar-refractivity contribution in [2.75, 3.05) is 36.0 Å². The molecule has 2 aliphatic rings. The number of piperidine rings is 2. The van der Waals surface area contributed by atoms with E-state index in [1.165, 1.54) is 26.2 Å². The zero-order chi connectivity index (χ0) is 42.9. The van der Waals surface area contributed by atoms with Crippen LogP contribution in [0, 0.1) is 22.7 Å². The number of nitrogens with zero attached hydrogens (tertiary/aromatic N) is 8. The summed E-state index contributed by atoms with van der Waals surface area (Å²) in [6, 6.07) is 33.6. The lowest BCUT2D eigenvalue weighted by Gasteiger charge is -2.34. The Labute approximate surface area is 341 Å². The van der Waals surface area contributed by atoms with Gasteiger partial charge in [-0.3, -0.25) is 27.9 Å². The SMILES string of the molecule is Cn1c(=O)cc(N2CCC[C@@H](N)C2)n(Cc2ccccc2C#N)c1=O.Cn1c(=O)cc(N2CCC[C@@H](N)C2)n(Cc2ccccc2C#N)c1=O.O=C=O.c1ccccc1. The van der Waals surface area contributed by atoms with E-state index in [0.29, 0.717) is 35.9 Å². The zero-order valence-corrected chi connectivity index (χ0v) is 33.1. The first-order valence-corrected chi connectivity index (χ1v) is 19.0. The largest absolute Gasteiger partial charge is 0.373 e. The van der Waals surface area contributed by atoms with Crippen LogP contribution >= 0.6 is 0 Å². The van der Waals surface area contributed by atoms with Gasteiger partial charge < -0.3 is 21.3 Å². The molecule has 0 spiro atoms. The van der Waals surface area contributed by atoms with E-state index in [2.05, 4.69) is 12.1 Å². The maximum Gasteiger partial charge on any atom is 0.373 e. The lowest BCUT2D eigenvalue weighted by atomic mass is 10.1. The summed E-state index contributed by atoms with van der Waals surface area (Å²) < 4.78 is 5.27. The second-order valence-corrected chi connectivity index (χ2v) is 14.0. The van der Waals surface area contributed by atoms with Gasteiger partial charge in [-0.25, -0.2) is 9.59 Å². The molecule has 2 atom stereocenters. The maximum atomic E-state index is 12.7. The minimum atomic E-state index is -0.394. The molecule has 7 rings (SSSR count). The number of aromatic nitrogens is 4. The van der Waals surface area contributed by atoms with Crippen LogP contribution in [0.15, 0.2) is 116 Å². The number of anilines is 2. The lowest BCUT2D eigenvalue weighted by Crippen LogP contribution is -2.47. The van der Waals surface area contributed by atoms with Crippen molar-refractivity contribution in [2.24, 2.45) is 25.6 Å². The Morgan fingerprint density at radius 2 is 0.932 bits per heavy atom. The first kappa shape index (κ1) is 44.6. The molecule has 2 aromatic heterocycles. The summed E-state index contributed by atoms with van der Waals surface area (Å²) in [5, 5.41) is 18.6. The summed E-state index contributed by atoms with van der Waals surface area (Å²) in [7, 11) is 2.92. The molecule has 4 N–H and O–H groups in total. The molecule has 16 nitrogen and oxygen atoms in total. The van der Waals surface area contributed by atoms with Crippen LogP contribution in [-0.2, 0) is 36.8 Å². The molecule has 306 valence electrons. The highest BCUT2D eigenvalue weighted by molar-refractivity contribution is 5.44. The second kappa shape index (κ2) is 22.0. The van der Waals surface area contributed by atoms with Gasteiger partial charge in [0.2, 0.25) is 0 Å². The lowest BCUT2D eigenvalue weighted by molar-refractivity contribution is -0.191. The van der Waals surface area contributed by atoms with E-state index in [1.807, 2.05) is 70.5 Å². The number of nitriles is 2. The van der Waals surface area contributed by atoms with Crippen molar-refractivity contribution in [1.29, 1.82) is 10.5 Å². The summed E-state index contributed by atoms with van der Waals surface area (Å²) in [6.45, 7) is 3.18. The van der Waals surface area contributed by atoms with Gasteiger partial charge in [0.15, 0.2) is 0 Å². The van der Waals surface area contributed by atoms with E-state index in [4.69, 9.17) is 21.1 Å². The molecule has 0 saturated carbocycles. The molecule has 0 bridgehead atoms. The van der Waals surface area contributed by atoms with Gasteiger partial charge in [-0.15, -0.1) is 0 Å². The zero-order valence-electron chi connectivity index (χ0n) is 33.1. The summed E-state index contributed by atoms with van der Waals surface area (Å²) in [6.07, 6.45) is 3.95. The molecule has 0 aliphatic carbocycles. The molecular formula is C43H48N10O6. The van der Waals surface area contributed by atoms with Crippen LogP contribution in [0.3, 0.4) is 0 Å². The number of benzene rings is 3. The van der Waals surface area contributed by atoms with Gasteiger partial charge in [0, 0.05) is 64.5 Å². The molecule has 0 radical (unpaired) electrons. The third-order valence-electron chi connectivity index (χ3n) is 9.92. The highest BCUT2D eigenvalue weighted by Gasteiger charge is 2.23. The minimum absolute atomic E-state index is 0.0211. The van der Waals surface area contributed by atoms with Crippen molar-refractivity contribution >= 4 is 17.8 Å². The average molecular weight is 801 g/mol. The van der Waals surface area contributed by atoms with E-state index in [0.717, 1.165) is 59.0 Å². The van der Waals surface area contributed by atoms with Gasteiger partial charge in [0.05, 0.1) is 36.4 Å². The van der Waals surface area contributed by atoms with Crippen molar-refractivity contribution in [2.45, 2.75) is 50.9 Å². The Morgan fingerprint density at radius 1 is 0.593 bits per heavy atom. The average Bonchev–Trinajstić information content (AvgIpc) is 3.25. The fourth-order valence-electron chi connectivity index (χ4n) is 6.83. The van der Waals surface area contributed by atoms with Crippen LogP contribution in [0.1, 0.15) is 47.9 Å². The number of hydrogen-bond donors (Lipinski definition) is 2. The maximum absolute atomic E-state index is 12.7. The predicted molar refractivity (Wildman–Crippen MR) is 223 cm³/mol. The fourth-order valence-corrected chi connectivity index (χ4v) is 6.83. The smallest absolute Gasteiger partial charge is 0.356 e. The Balaban J connectivity index is 0.000000215. The monoisotopic (exact) mass is 800 g/mol. The summed E-state index contributed by atoms with van der Waals surface area (Å²) >= 11 is 0. The number of hydrogen-bond acceptors (Lipinski definition) is 12. The van der Waals surface area contributed by atoms with E-state index in [-0.39, 0.29) is 42.4 Å². The molecule has 3 aromatic carbocycles. The van der Waals surface area contributed by atoms with Crippen LogP contribution < -0.4 is 43.8 Å². The molecule has 2 saturated heterocycles. The predicted octanol–water partition coefficient (Wildman–Crippen LogP) is 1.89. The first-order valence-electron chi connectivity index (χ1n) is 19.0. The third kappa shape index (κ3) is 12.0.